The van der Waals surface area contributed by atoms with E-state index in [1.54, 1.807) is 18.3 Å². The highest BCUT2D eigenvalue weighted by Gasteiger charge is 2.16. The summed E-state index contributed by atoms with van der Waals surface area (Å²) in [6.45, 7) is 0. The highest BCUT2D eigenvalue weighted by atomic mass is 79.9. The van der Waals surface area contributed by atoms with Crippen molar-refractivity contribution in [2.75, 3.05) is 5.32 Å². The average Bonchev–Trinajstić information content (AvgIpc) is 2.34. The van der Waals surface area contributed by atoms with Crippen molar-refractivity contribution in [3.63, 3.8) is 0 Å². The molecule has 2 aromatic heterocycles. The fourth-order valence-electron chi connectivity index (χ4n) is 1.24. The molecule has 0 aromatic carbocycles. The second kappa shape index (κ2) is 5.40. The topological polar surface area (TPSA) is 81.0 Å². The van der Waals surface area contributed by atoms with Gasteiger partial charge in [0.05, 0.1) is 4.92 Å². The van der Waals surface area contributed by atoms with Gasteiger partial charge >= 0.3 is 5.69 Å². The molecule has 0 aliphatic heterocycles. The van der Waals surface area contributed by atoms with Crippen molar-refractivity contribution in [1.29, 1.82) is 0 Å². The Labute approximate surface area is 119 Å². The highest BCUT2D eigenvalue weighted by molar-refractivity contribution is 9.10. The Bertz CT molecular complexity index is 589. The summed E-state index contributed by atoms with van der Waals surface area (Å²) in [6, 6.07) is 4.85. The van der Waals surface area contributed by atoms with E-state index in [0.29, 0.717) is 10.3 Å². The molecule has 8 heteroatoms. The predicted octanol–water partition coefficient (Wildman–Crippen LogP) is 3.65. The molecule has 0 atom stereocenters. The minimum absolute atomic E-state index is 0.117. The summed E-state index contributed by atoms with van der Waals surface area (Å²) in [5.74, 6) is 0.633. The minimum atomic E-state index is -0.501. The summed E-state index contributed by atoms with van der Waals surface area (Å²) in [5.41, 5.74) is -0.117. The van der Waals surface area contributed by atoms with Crippen LogP contribution in [0.1, 0.15) is 0 Å². The minimum Gasteiger partial charge on any atom is -0.319 e. The smallest absolute Gasteiger partial charge is 0.312 e. The van der Waals surface area contributed by atoms with Gasteiger partial charge in [-0.1, -0.05) is 0 Å². The van der Waals surface area contributed by atoms with Gasteiger partial charge in [-0.15, -0.1) is 0 Å². The van der Waals surface area contributed by atoms with Crippen LogP contribution in [0.2, 0.25) is 0 Å². The summed E-state index contributed by atoms with van der Waals surface area (Å²) in [6.07, 6.45) is 3.07. The molecule has 0 amide bonds. The summed E-state index contributed by atoms with van der Waals surface area (Å²) >= 11 is 6.40. The first-order chi connectivity index (χ1) is 8.56. The van der Waals surface area contributed by atoms with Crippen LogP contribution in [0.5, 0.6) is 0 Å². The molecule has 0 aliphatic carbocycles. The zero-order chi connectivity index (χ0) is 13.1. The number of halogens is 2. The van der Waals surface area contributed by atoms with Gasteiger partial charge in [0, 0.05) is 27.4 Å². The number of nitrogens with zero attached hydrogens (tertiary/aromatic N) is 3. The van der Waals surface area contributed by atoms with Crippen molar-refractivity contribution >= 4 is 49.2 Å². The Morgan fingerprint density at radius 2 is 1.89 bits per heavy atom. The summed E-state index contributed by atoms with van der Waals surface area (Å²) < 4.78 is 1.37. The van der Waals surface area contributed by atoms with E-state index in [1.807, 2.05) is 0 Å². The average molecular weight is 374 g/mol. The number of rotatable bonds is 3. The predicted molar refractivity (Wildman–Crippen MR) is 73.8 cm³/mol. The number of anilines is 2. The first-order valence-corrected chi connectivity index (χ1v) is 6.33. The van der Waals surface area contributed by atoms with Crippen molar-refractivity contribution in [3.8, 4) is 0 Å². The molecule has 0 unspecified atom stereocenters. The van der Waals surface area contributed by atoms with Gasteiger partial charge in [-0.25, -0.2) is 9.97 Å². The number of aromatic nitrogens is 2. The van der Waals surface area contributed by atoms with E-state index in [-0.39, 0.29) is 11.5 Å². The van der Waals surface area contributed by atoms with Crippen molar-refractivity contribution in [1.82, 2.24) is 9.97 Å². The van der Waals surface area contributed by atoms with E-state index < -0.39 is 4.92 Å². The largest absolute Gasteiger partial charge is 0.319 e. The quantitative estimate of drug-likeness (QED) is 0.655. The fourth-order valence-corrected chi connectivity index (χ4v) is 1.79. The maximum absolute atomic E-state index is 10.9. The van der Waals surface area contributed by atoms with Crippen LogP contribution in [0.4, 0.5) is 17.3 Å². The first kappa shape index (κ1) is 12.9. The SMILES string of the molecule is O=[N+]([O-])c1cc(Br)cnc1Nc1ccc(Br)cn1. The third-order valence-electron chi connectivity index (χ3n) is 2.00. The van der Waals surface area contributed by atoms with E-state index in [2.05, 4.69) is 47.1 Å². The summed E-state index contributed by atoms with van der Waals surface area (Å²) in [5, 5.41) is 13.7. The Morgan fingerprint density at radius 3 is 2.50 bits per heavy atom. The van der Waals surface area contributed by atoms with Crippen LogP contribution in [0.15, 0.2) is 39.5 Å². The summed E-state index contributed by atoms with van der Waals surface area (Å²) in [7, 11) is 0. The van der Waals surface area contributed by atoms with E-state index in [9.17, 15) is 10.1 Å². The number of pyridine rings is 2. The van der Waals surface area contributed by atoms with Gasteiger partial charge in [0.25, 0.3) is 0 Å². The van der Waals surface area contributed by atoms with E-state index >= 15 is 0 Å². The molecule has 0 aliphatic rings. The molecule has 6 nitrogen and oxygen atoms in total. The molecule has 0 radical (unpaired) electrons. The maximum Gasteiger partial charge on any atom is 0.312 e. The second-order valence-corrected chi connectivity index (χ2v) is 5.10. The third kappa shape index (κ3) is 3.02. The Hall–Kier alpha value is -1.54. The van der Waals surface area contributed by atoms with Crippen LogP contribution in [-0.4, -0.2) is 14.9 Å². The Balaban J connectivity index is 2.34. The Kier molecular flexibility index (Phi) is 3.87. The molecule has 18 heavy (non-hydrogen) atoms. The third-order valence-corrected chi connectivity index (χ3v) is 2.91. The number of nitro groups is 1. The molecule has 1 N–H and O–H groups in total. The lowest BCUT2D eigenvalue weighted by atomic mass is 10.4. The molecule has 92 valence electrons. The molecular weight excluding hydrogens is 368 g/mol. The standard InChI is InChI=1S/C10H6Br2N4O2/c11-6-1-2-9(13-4-6)15-10-8(16(17)18)3-7(12)5-14-10/h1-5H,(H,13,14,15). The number of hydrogen-bond donors (Lipinski definition) is 1. The maximum atomic E-state index is 10.9. The van der Waals surface area contributed by atoms with Crippen LogP contribution in [-0.2, 0) is 0 Å². The lowest BCUT2D eigenvalue weighted by molar-refractivity contribution is -0.384. The lowest BCUT2D eigenvalue weighted by Gasteiger charge is -2.05. The van der Waals surface area contributed by atoms with Crippen molar-refractivity contribution in [2.24, 2.45) is 0 Å². The molecule has 0 saturated carbocycles. The van der Waals surface area contributed by atoms with Gasteiger partial charge in [0.1, 0.15) is 5.82 Å². The first-order valence-electron chi connectivity index (χ1n) is 4.75. The zero-order valence-electron chi connectivity index (χ0n) is 8.80. The van der Waals surface area contributed by atoms with E-state index in [4.69, 9.17) is 0 Å². The van der Waals surface area contributed by atoms with Crippen LogP contribution >= 0.6 is 31.9 Å². The van der Waals surface area contributed by atoms with Gasteiger partial charge < -0.3 is 5.32 Å². The fraction of sp³-hybridized carbons (Fsp3) is 0. The Morgan fingerprint density at radius 1 is 1.17 bits per heavy atom. The van der Waals surface area contributed by atoms with Gasteiger partial charge in [0.15, 0.2) is 0 Å². The van der Waals surface area contributed by atoms with Gasteiger partial charge in [-0.05, 0) is 44.0 Å². The molecule has 0 bridgehead atoms. The van der Waals surface area contributed by atoms with Crippen LogP contribution in [0.25, 0.3) is 0 Å². The number of nitrogens with one attached hydrogen (secondary N) is 1. The zero-order valence-corrected chi connectivity index (χ0v) is 12.0. The van der Waals surface area contributed by atoms with Gasteiger partial charge in [-0.3, -0.25) is 10.1 Å². The van der Waals surface area contributed by atoms with Gasteiger partial charge in [0.2, 0.25) is 5.82 Å². The molecule has 2 aromatic rings. The molecule has 0 spiro atoms. The molecule has 0 fully saturated rings. The number of hydrogen-bond acceptors (Lipinski definition) is 5. The summed E-state index contributed by atoms with van der Waals surface area (Å²) in [4.78, 5) is 18.4. The molecule has 0 saturated heterocycles. The lowest BCUT2D eigenvalue weighted by Crippen LogP contribution is -2.00. The second-order valence-electron chi connectivity index (χ2n) is 3.27. The monoisotopic (exact) mass is 372 g/mol. The van der Waals surface area contributed by atoms with E-state index in [0.717, 1.165) is 4.47 Å². The van der Waals surface area contributed by atoms with E-state index in [1.165, 1.54) is 12.3 Å². The van der Waals surface area contributed by atoms with Crippen molar-refractivity contribution in [3.05, 3.63) is 49.7 Å². The van der Waals surface area contributed by atoms with Crippen LogP contribution in [0, 0.1) is 10.1 Å². The van der Waals surface area contributed by atoms with Gasteiger partial charge in [-0.2, -0.15) is 0 Å². The van der Waals surface area contributed by atoms with Crippen molar-refractivity contribution in [2.45, 2.75) is 0 Å². The molecular formula is C10H6Br2N4O2. The van der Waals surface area contributed by atoms with Crippen molar-refractivity contribution < 1.29 is 4.92 Å². The molecule has 2 rings (SSSR count). The van der Waals surface area contributed by atoms with Crippen LogP contribution < -0.4 is 5.32 Å². The molecule has 2 heterocycles. The van der Waals surface area contributed by atoms with Crippen LogP contribution in [0.3, 0.4) is 0 Å². The normalized spacial score (nSPS) is 10.1. The highest BCUT2D eigenvalue weighted by Crippen LogP contribution is 2.27.